The Bertz CT molecular complexity index is 908. The molecule has 2 aromatic carbocycles. The summed E-state index contributed by atoms with van der Waals surface area (Å²) in [5.74, 6) is 2.48. The lowest BCUT2D eigenvalue weighted by Crippen LogP contribution is -2.24. The number of para-hydroxylation sites is 1. The first kappa shape index (κ1) is 21.2. The first-order valence-corrected chi connectivity index (χ1v) is 9.22. The second kappa shape index (κ2) is 10.9. The van der Waals surface area contributed by atoms with E-state index in [2.05, 4.69) is 44.4 Å². The van der Waals surface area contributed by atoms with Crippen LogP contribution < -0.4 is 20.2 Å². The molecular formula is C20H18IN3O4. The standard InChI is InChI=1S/C20H18IN3O4/c1-3-9-28-20-16(21)10-14(11-17(20)27-2)13-22-24-19(26)12-18(25)23-15-7-5-4-6-8-15/h1,4-8,10-11,13H,9,12H2,2H3,(H,23,25)(H,24,26). The number of ether oxygens (including phenoxy) is 2. The molecule has 0 saturated carbocycles. The molecule has 7 nitrogen and oxygen atoms in total. The Morgan fingerprint density at radius 1 is 1.25 bits per heavy atom. The Hall–Kier alpha value is -3.06. The van der Waals surface area contributed by atoms with E-state index >= 15 is 0 Å². The van der Waals surface area contributed by atoms with Crippen LogP contribution in [0, 0.1) is 15.9 Å². The molecule has 0 saturated heterocycles. The Morgan fingerprint density at radius 2 is 2.00 bits per heavy atom. The number of halogens is 1. The number of nitrogens with zero attached hydrogens (tertiary/aromatic N) is 1. The van der Waals surface area contributed by atoms with Crippen molar-refractivity contribution in [3.63, 3.8) is 0 Å². The lowest BCUT2D eigenvalue weighted by molar-refractivity contribution is -0.126. The van der Waals surface area contributed by atoms with E-state index in [0.29, 0.717) is 22.7 Å². The van der Waals surface area contributed by atoms with Gasteiger partial charge in [-0.05, 0) is 52.4 Å². The van der Waals surface area contributed by atoms with E-state index in [-0.39, 0.29) is 13.0 Å². The number of hydrazone groups is 1. The van der Waals surface area contributed by atoms with E-state index in [0.717, 1.165) is 3.57 Å². The molecular weight excluding hydrogens is 473 g/mol. The molecule has 2 amide bonds. The third-order valence-electron chi connectivity index (χ3n) is 3.33. The van der Waals surface area contributed by atoms with Gasteiger partial charge in [0.15, 0.2) is 11.5 Å². The number of terminal acetylenes is 1. The van der Waals surface area contributed by atoms with Crippen molar-refractivity contribution in [2.45, 2.75) is 6.42 Å². The molecule has 2 rings (SSSR count). The topological polar surface area (TPSA) is 89.0 Å². The zero-order valence-electron chi connectivity index (χ0n) is 15.1. The van der Waals surface area contributed by atoms with Crippen molar-refractivity contribution in [2.75, 3.05) is 19.0 Å². The zero-order valence-corrected chi connectivity index (χ0v) is 17.2. The minimum absolute atomic E-state index is 0.126. The van der Waals surface area contributed by atoms with Crippen LogP contribution in [0.2, 0.25) is 0 Å². The van der Waals surface area contributed by atoms with Crippen LogP contribution in [-0.2, 0) is 9.59 Å². The number of anilines is 1. The van der Waals surface area contributed by atoms with Crippen molar-refractivity contribution in [3.05, 3.63) is 51.6 Å². The average molecular weight is 491 g/mol. The van der Waals surface area contributed by atoms with E-state index < -0.39 is 11.8 Å². The maximum atomic E-state index is 11.8. The Morgan fingerprint density at radius 3 is 2.68 bits per heavy atom. The van der Waals surface area contributed by atoms with E-state index in [4.69, 9.17) is 15.9 Å². The van der Waals surface area contributed by atoms with Gasteiger partial charge in [0.2, 0.25) is 11.8 Å². The summed E-state index contributed by atoms with van der Waals surface area (Å²) in [7, 11) is 1.52. The smallest absolute Gasteiger partial charge is 0.249 e. The highest BCUT2D eigenvalue weighted by Gasteiger charge is 2.11. The van der Waals surface area contributed by atoms with Gasteiger partial charge in [0, 0.05) is 5.69 Å². The summed E-state index contributed by atoms with van der Waals surface area (Å²) in [6.07, 6.45) is 6.32. The quantitative estimate of drug-likeness (QED) is 0.196. The highest BCUT2D eigenvalue weighted by Crippen LogP contribution is 2.33. The van der Waals surface area contributed by atoms with Gasteiger partial charge in [-0.25, -0.2) is 5.43 Å². The minimum atomic E-state index is -0.527. The number of methoxy groups -OCH3 is 1. The first-order chi connectivity index (χ1) is 13.5. The van der Waals surface area contributed by atoms with Gasteiger partial charge in [-0.2, -0.15) is 5.10 Å². The highest BCUT2D eigenvalue weighted by atomic mass is 127. The van der Waals surface area contributed by atoms with Gasteiger partial charge in [0.25, 0.3) is 0 Å². The molecule has 0 radical (unpaired) electrons. The predicted octanol–water partition coefficient (Wildman–Crippen LogP) is 2.79. The second-order valence-electron chi connectivity index (χ2n) is 5.41. The van der Waals surface area contributed by atoms with Gasteiger partial charge in [-0.1, -0.05) is 24.1 Å². The lowest BCUT2D eigenvalue weighted by atomic mass is 10.2. The molecule has 0 bridgehead atoms. The van der Waals surface area contributed by atoms with Crippen LogP contribution in [0.3, 0.4) is 0 Å². The normalized spacial score (nSPS) is 10.2. The number of carbonyl (C=O) groups excluding carboxylic acids is 2. The third kappa shape index (κ3) is 6.59. The summed E-state index contributed by atoms with van der Waals surface area (Å²) >= 11 is 2.09. The largest absolute Gasteiger partial charge is 0.493 e. The van der Waals surface area contributed by atoms with Gasteiger partial charge in [0.1, 0.15) is 13.0 Å². The second-order valence-corrected chi connectivity index (χ2v) is 6.57. The van der Waals surface area contributed by atoms with Gasteiger partial charge in [-0.15, -0.1) is 6.42 Å². The SMILES string of the molecule is C#CCOc1c(I)cc(C=NNC(=O)CC(=O)Nc2ccccc2)cc1OC. The van der Waals surface area contributed by atoms with Crippen LogP contribution in [0.25, 0.3) is 0 Å². The highest BCUT2D eigenvalue weighted by molar-refractivity contribution is 14.1. The number of hydrogen-bond acceptors (Lipinski definition) is 5. The summed E-state index contributed by atoms with van der Waals surface area (Å²) in [6.45, 7) is 0.126. The summed E-state index contributed by atoms with van der Waals surface area (Å²) in [5, 5.41) is 6.50. The molecule has 0 atom stereocenters. The van der Waals surface area contributed by atoms with Crippen LogP contribution in [0.1, 0.15) is 12.0 Å². The van der Waals surface area contributed by atoms with Crippen LogP contribution in [0.5, 0.6) is 11.5 Å². The number of rotatable bonds is 8. The van der Waals surface area contributed by atoms with E-state index in [9.17, 15) is 9.59 Å². The molecule has 2 aromatic rings. The number of amides is 2. The van der Waals surface area contributed by atoms with Crippen molar-refractivity contribution in [1.29, 1.82) is 0 Å². The van der Waals surface area contributed by atoms with Crippen LogP contribution in [0.4, 0.5) is 5.69 Å². The lowest BCUT2D eigenvalue weighted by Gasteiger charge is -2.11. The molecule has 0 fully saturated rings. The van der Waals surface area contributed by atoms with E-state index in [1.807, 2.05) is 6.07 Å². The zero-order chi connectivity index (χ0) is 20.4. The van der Waals surface area contributed by atoms with Crippen molar-refractivity contribution in [1.82, 2.24) is 5.43 Å². The summed E-state index contributed by atoms with van der Waals surface area (Å²) < 4.78 is 11.6. The van der Waals surface area contributed by atoms with Crippen LogP contribution >= 0.6 is 22.6 Å². The predicted molar refractivity (Wildman–Crippen MR) is 115 cm³/mol. The van der Waals surface area contributed by atoms with Crippen molar-refractivity contribution in [3.8, 4) is 23.8 Å². The van der Waals surface area contributed by atoms with Crippen molar-refractivity contribution in [2.24, 2.45) is 5.10 Å². The van der Waals surface area contributed by atoms with E-state index in [1.165, 1.54) is 13.3 Å². The van der Waals surface area contributed by atoms with Gasteiger partial charge in [0.05, 0.1) is 16.9 Å². The van der Waals surface area contributed by atoms with Crippen LogP contribution in [0.15, 0.2) is 47.6 Å². The number of nitrogens with one attached hydrogen (secondary N) is 2. The monoisotopic (exact) mass is 491 g/mol. The number of hydrogen-bond donors (Lipinski definition) is 2. The van der Waals surface area contributed by atoms with Crippen LogP contribution in [-0.4, -0.2) is 31.7 Å². The number of benzene rings is 2. The first-order valence-electron chi connectivity index (χ1n) is 8.14. The van der Waals surface area contributed by atoms with Gasteiger partial charge in [-0.3, -0.25) is 9.59 Å². The van der Waals surface area contributed by atoms with Crippen molar-refractivity contribution >= 4 is 46.3 Å². The summed E-state index contributed by atoms with van der Waals surface area (Å²) in [4.78, 5) is 23.7. The third-order valence-corrected chi connectivity index (χ3v) is 4.13. The molecule has 144 valence electrons. The molecule has 0 aliphatic rings. The minimum Gasteiger partial charge on any atom is -0.493 e. The molecule has 0 unspecified atom stereocenters. The molecule has 0 spiro atoms. The molecule has 0 heterocycles. The maximum Gasteiger partial charge on any atom is 0.249 e. The average Bonchev–Trinajstić information content (AvgIpc) is 2.67. The molecule has 0 aliphatic carbocycles. The Labute approximate surface area is 176 Å². The van der Waals surface area contributed by atoms with Gasteiger partial charge >= 0.3 is 0 Å². The van der Waals surface area contributed by atoms with Gasteiger partial charge < -0.3 is 14.8 Å². The Balaban J connectivity index is 1.92. The molecule has 2 N–H and O–H groups in total. The Kier molecular flexibility index (Phi) is 8.30. The summed E-state index contributed by atoms with van der Waals surface area (Å²) in [5.41, 5.74) is 3.63. The van der Waals surface area contributed by atoms with Crippen molar-refractivity contribution < 1.29 is 19.1 Å². The molecule has 28 heavy (non-hydrogen) atoms. The fraction of sp³-hybridized carbons (Fsp3) is 0.150. The maximum absolute atomic E-state index is 11.8. The fourth-order valence-electron chi connectivity index (χ4n) is 2.16. The van der Waals surface area contributed by atoms with E-state index in [1.54, 1.807) is 36.4 Å². The molecule has 8 heteroatoms. The summed E-state index contributed by atoms with van der Waals surface area (Å²) in [6, 6.07) is 12.4. The molecule has 0 aliphatic heterocycles. The fourth-order valence-corrected chi connectivity index (χ4v) is 2.94. The molecule has 0 aromatic heterocycles. The number of carbonyl (C=O) groups is 2.